The zero-order chi connectivity index (χ0) is 10.9. The molecule has 5 nitrogen and oxygen atoms in total. The molecule has 1 aromatic heterocycles. The topological polar surface area (TPSA) is 68.3 Å². The van der Waals surface area contributed by atoms with Crippen LogP contribution in [0.5, 0.6) is 5.88 Å². The van der Waals surface area contributed by atoms with Gasteiger partial charge in [-0.2, -0.15) is 0 Å². The summed E-state index contributed by atoms with van der Waals surface area (Å²) in [7, 11) is -1.82. The SMILES string of the molecule is COc1nc[c]cc1NS(=O)(=O)C1CC1. The molecule has 0 aromatic carbocycles. The third kappa shape index (κ3) is 2.20. The van der Waals surface area contributed by atoms with E-state index in [9.17, 15) is 8.42 Å². The molecular formula is C9H11N2O3S. The second kappa shape index (κ2) is 3.69. The zero-order valence-corrected chi connectivity index (χ0v) is 9.04. The van der Waals surface area contributed by atoms with Gasteiger partial charge in [-0.1, -0.05) is 0 Å². The monoisotopic (exact) mass is 227 g/mol. The van der Waals surface area contributed by atoms with Crippen LogP contribution in [0.25, 0.3) is 0 Å². The molecule has 2 rings (SSSR count). The second-order valence-electron chi connectivity index (χ2n) is 3.34. The third-order valence-corrected chi connectivity index (χ3v) is 3.98. The number of anilines is 1. The molecule has 1 aliphatic rings. The Morgan fingerprint density at radius 3 is 2.93 bits per heavy atom. The normalized spacial score (nSPS) is 16.1. The lowest BCUT2D eigenvalue weighted by molar-refractivity contribution is 0.400. The van der Waals surface area contributed by atoms with Gasteiger partial charge in [-0.25, -0.2) is 13.4 Å². The molecule has 0 amide bonds. The van der Waals surface area contributed by atoms with Crippen LogP contribution in [0.3, 0.4) is 0 Å². The van der Waals surface area contributed by atoms with Crippen LogP contribution >= 0.6 is 0 Å². The lowest BCUT2D eigenvalue weighted by Crippen LogP contribution is -2.18. The van der Waals surface area contributed by atoms with Gasteiger partial charge in [0.05, 0.1) is 12.4 Å². The van der Waals surface area contributed by atoms with Gasteiger partial charge in [-0.3, -0.25) is 4.72 Å². The van der Waals surface area contributed by atoms with Gasteiger partial charge < -0.3 is 4.74 Å². The number of pyridine rings is 1. The van der Waals surface area contributed by atoms with Crippen molar-refractivity contribution in [2.45, 2.75) is 18.1 Å². The summed E-state index contributed by atoms with van der Waals surface area (Å²) in [6.45, 7) is 0. The number of nitrogens with one attached hydrogen (secondary N) is 1. The number of rotatable bonds is 4. The molecule has 6 heteroatoms. The van der Waals surface area contributed by atoms with E-state index in [-0.39, 0.29) is 11.1 Å². The van der Waals surface area contributed by atoms with Gasteiger partial charge in [0.15, 0.2) is 0 Å². The average molecular weight is 227 g/mol. The minimum atomic E-state index is -3.26. The Morgan fingerprint density at radius 1 is 1.60 bits per heavy atom. The Kier molecular flexibility index (Phi) is 2.52. The lowest BCUT2D eigenvalue weighted by Gasteiger charge is -2.09. The van der Waals surface area contributed by atoms with Crippen LogP contribution in [0.15, 0.2) is 12.3 Å². The minimum Gasteiger partial charge on any atom is -0.480 e. The smallest absolute Gasteiger partial charge is 0.238 e. The fraction of sp³-hybridized carbons (Fsp3) is 0.444. The van der Waals surface area contributed by atoms with Crippen molar-refractivity contribution >= 4 is 15.7 Å². The highest BCUT2D eigenvalue weighted by Crippen LogP contribution is 2.31. The number of hydrogen-bond donors (Lipinski definition) is 1. The highest BCUT2D eigenvalue weighted by molar-refractivity contribution is 7.93. The molecule has 1 N–H and O–H groups in total. The molecule has 0 unspecified atom stereocenters. The fourth-order valence-corrected chi connectivity index (χ4v) is 2.57. The Hall–Kier alpha value is -1.30. The summed E-state index contributed by atoms with van der Waals surface area (Å²) < 4.78 is 30.6. The number of sulfonamides is 1. The van der Waals surface area contributed by atoms with E-state index in [1.54, 1.807) is 0 Å². The van der Waals surface area contributed by atoms with E-state index >= 15 is 0 Å². The summed E-state index contributed by atoms with van der Waals surface area (Å²) in [6.07, 6.45) is 2.87. The quantitative estimate of drug-likeness (QED) is 0.825. The zero-order valence-electron chi connectivity index (χ0n) is 8.23. The van der Waals surface area contributed by atoms with Crippen molar-refractivity contribution in [3.63, 3.8) is 0 Å². The largest absolute Gasteiger partial charge is 0.480 e. The molecule has 0 bridgehead atoms. The van der Waals surface area contributed by atoms with Crippen LogP contribution in [0.4, 0.5) is 5.69 Å². The Balaban J connectivity index is 2.23. The number of methoxy groups -OCH3 is 1. The van der Waals surface area contributed by atoms with Gasteiger partial charge in [0.1, 0.15) is 5.69 Å². The molecule has 0 atom stereocenters. The number of aromatic nitrogens is 1. The molecule has 81 valence electrons. The third-order valence-electron chi connectivity index (χ3n) is 2.12. The summed E-state index contributed by atoms with van der Waals surface area (Å²) in [5.74, 6) is 0.262. The fourth-order valence-electron chi connectivity index (χ4n) is 1.20. The molecule has 0 spiro atoms. The summed E-state index contributed by atoms with van der Waals surface area (Å²) >= 11 is 0. The molecule has 1 radical (unpaired) electrons. The summed E-state index contributed by atoms with van der Waals surface area (Å²) in [4.78, 5) is 3.86. The van der Waals surface area contributed by atoms with Crippen molar-refractivity contribution in [2.75, 3.05) is 11.8 Å². The van der Waals surface area contributed by atoms with E-state index in [4.69, 9.17) is 4.74 Å². The highest BCUT2D eigenvalue weighted by Gasteiger charge is 2.36. The summed E-state index contributed by atoms with van der Waals surface area (Å²) in [6, 6.07) is 4.21. The average Bonchev–Trinajstić information content (AvgIpc) is 3.01. The van der Waals surface area contributed by atoms with Crippen LogP contribution < -0.4 is 9.46 Å². The van der Waals surface area contributed by atoms with Gasteiger partial charge in [0.2, 0.25) is 15.9 Å². The van der Waals surface area contributed by atoms with Crippen LogP contribution in [0, 0.1) is 6.07 Å². The van der Waals surface area contributed by atoms with Gasteiger partial charge in [-0.05, 0) is 18.9 Å². The number of nitrogens with zero attached hydrogens (tertiary/aromatic N) is 1. The number of hydrogen-bond acceptors (Lipinski definition) is 4. The summed E-state index contributed by atoms with van der Waals surface area (Å²) in [5, 5.41) is -0.262. The standard InChI is InChI=1S/C9H11N2O3S/c1-14-9-8(3-2-6-10-9)11-15(12,13)7-4-5-7/h3,6-7,11H,4-5H2,1H3. The summed E-state index contributed by atoms with van der Waals surface area (Å²) in [5.41, 5.74) is 0.340. The van der Waals surface area contributed by atoms with E-state index in [2.05, 4.69) is 15.8 Å². The molecule has 1 aromatic rings. The van der Waals surface area contributed by atoms with Crippen LogP contribution in [0.1, 0.15) is 12.8 Å². The predicted molar refractivity (Wildman–Crippen MR) is 55.2 cm³/mol. The van der Waals surface area contributed by atoms with Crippen molar-refractivity contribution in [3.05, 3.63) is 18.3 Å². The minimum absolute atomic E-state index is 0.262. The van der Waals surface area contributed by atoms with Crippen LogP contribution in [-0.2, 0) is 10.0 Å². The number of ether oxygens (including phenoxy) is 1. The van der Waals surface area contributed by atoms with Crippen LogP contribution in [0.2, 0.25) is 0 Å². The molecule has 1 fully saturated rings. The van der Waals surface area contributed by atoms with Gasteiger partial charge >= 0.3 is 0 Å². The molecule has 0 aliphatic heterocycles. The first kappa shape index (κ1) is 10.2. The first-order chi connectivity index (χ1) is 7.13. The maximum Gasteiger partial charge on any atom is 0.238 e. The molecular weight excluding hydrogens is 216 g/mol. The molecule has 0 saturated heterocycles. The highest BCUT2D eigenvalue weighted by atomic mass is 32.2. The first-order valence-electron chi connectivity index (χ1n) is 4.55. The van der Waals surface area contributed by atoms with Gasteiger partial charge in [0, 0.05) is 12.3 Å². The Morgan fingerprint density at radius 2 is 2.33 bits per heavy atom. The maximum atomic E-state index is 11.6. The first-order valence-corrected chi connectivity index (χ1v) is 6.10. The van der Waals surface area contributed by atoms with Gasteiger partial charge in [-0.15, -0.1) is 0 Å². The van der Waals surface area contributed by atoms with Gasteiger partial charge in [0.25, 0.3) is 0 Å². The Labute approximate surface area is 88.5 Å². The molecule has 1 heterocycles. The lowest BCUT2D eigenvalue weighted by atomic mass is 10.4. The molecule has 15 heavy (non-hydrogen) atoms. The van der Waals surface area contributed by atoms with Crippen molar-refractivity contribution in [1.29, 1.82) is 0 Å². The Bertz CT molecular complexity index is 454. The van der Waals surface area contributed by atoms with Crippen molar-refractivity contribution in [2.24, 2.45) is 0 Å². The predicted octanol–water partition coefficient (Wildman–Crippen LogP) is 0.794. The maximum absolute atomic E-state index is 11.6. The molecule has 1 aliphatic carbocycles. The van der Waals surface area contributed by atoms with Crippen molar-refractivity contribution in [1.82, 2.24) is 4.98 Å². The van der Waals surface area contributed by atoms with E-state index in [0.29, 0.717) is 5.69 Å². The van der Waals surface area contributed by atoms with Crippen molar-refractivity contribution < 1.29 is 13.2 Å². The van der Waals surface area contributed by atoms with E-state index in [0.717, 1.165) is 12.8 Å². The van der Waals surface area contributed by atoms with E-state index in [1.807, 2.05) is 0 Å². The second-order valence-corrected chi connectivity index (χ2v) is 5.30. The van der Waals surface area contributed by atoms with E-state index in [1.165, 1.54) is 19.4 Å². The van der Waals surface area contributed by atoms with Crippen molar-refractivity contribution in [3.8, 4) is 5.88 Å². The van der Waals surface area contributed by atoms with Crippen LogP contribution in [-0.4, -0.2) is 25.8 Å². The molecule has 1 saturated carbocycles. The van der Waals surface area contributed by atoms with E-state index < -0.39 is 10.0 Å².